The Kier molecular flexibility index (Phi) is 4.69. The van der Waals surface area contributed by atoms with Crippen molar-refractivity contribution in [3.8, 4) is 0 Å². The van der Waals surface area contributed by atoms with Crippen LogP contribution >= 0.6 is 0 Å². The van der Waals surface area contributed by atoms with Gasteiger partial charge in [-0.15, -0.1) is 0 Å². The number of carbonyl (C=O) groups is 3. The van der Waals surface area contributed by atoms with Crippen molar-refractivity contribution >= 4 is 17.8 Å². The summed E-state index contributed by atoms with van der Waals surface area (Å²) in [5.74, 6) is -1.85. The molecule has 6 heteroatoms. The fourth-order valence-electron chi connectivity index (χ4n) is 2.03. The van der Waals surface area contributed by atoms with Crippen molar-refractivity contribution in [1.29, 1.82) is 0 Å². The monoisotopic (exact) mass is 256 g/mol. The van der Waals surface area contributed by atoms with Crippen LogP contribution in [0.25, 0.3) is 0 Å². The van der Waals surface area contributed by atoms with Crippen LogP contribution in [-0.2, 0) is 19.1 Å². The summed E-state index contributed by atoms with van der Waals surface area (Å²) in [6.07, 6.45) is 0. The van der Waals surface area contributed by atoms with Gasteiger partial charge in [0, 0.05) is 25.7 Å². The first kappa shape index (κ1) is 14.5. The maximum atomic E-state index is 11.9. The number of methoxy groups -OCH3 is 1. The minimum absolute atomic E-state index is 0.340. The van der Waals surface area contributed by atoms with Crippen LogP contribution in [-0.4, -0.2) is 60.4 Å². The van der Waals surface area contributed by atoms with Crippen molar-refractivity contribution in [3.05, 3.63) is 0 Å². The summed E-state index contributed by atoms with van der Waals surface area (Å²) in [6.45, 7) is 6.79. The van der Waals surface area contributed by atoms with Gasteiger partial charge in [-0.3, -0.25) is 14.4 Å². The maximum absolute atomic E-state index is 11.9. The second-order valence-electron chi connectivity index (χ2n) is 4.44. The molecule has 0 bridgehead atoms. The molecule has 2 atom stereocenters. The van der Waals surface area contributed by atoms with Gasteiger partial charge in [-0.25, -0.2) is 0 Å². The van der Waals surface area contributed by atoms with Crippen molar-refractivity contribution in [2.45, 2.75) is 26.8 Å². The number of hydrogen-bond donors (Lipinski definition) is 0. The summed E-state index contributed by atoms with van der Waals surface area (Å²) < 4.78 is 4.66. The van der Waals surface area contributed by atoms with E-state index in [0.29, 0.717) is 19.6 Å². The Balaban J connectivity index is 2.76. The first-order valence-corrected chi connectivity index (χ1v) is 6.11. The highest BCUT2D eigenvalue weighted by atomic mass is 16.5. The summed E-state index contributed by atoms with van der Waals surface area (Å²) in [4.78, 5) is 38.1. The second-order valence-corrected chi connectivity index (χ2v) is 4.44. The van der Waals surface area contributed by atoms with Gasteiger partial charge in [0.2, 0.25) is 0 Å². The number of nitrogens with zero attached hydrogens (tertiary/aromatic N) is 2. The third-order valence-corrected chi connectivity index (χ3v) is 3.51. The number of ether oxygens (including phenoxy) is 1. The van der Waals surface area contributed by atoms with Crippen LogP contribution in [0.5, 0.6) is 0 Å². The van der Waals surface area contributed by atoms with Gasteiger partial charge < -0.3 is 14.5 Å². The predicted molar refractivity (Wildman–Crippen MR) is 64.6 cm³/mol. The summed E-state index contributed by atoms with van der Waals surface area (Å²) in [6, 6.07) is -0.340. The van der Waals surface area contributed by atoms with Crippen LogP contribution in [0.4, 0.5) is 0 Å². The molecule has 18 heavy (non-hydrogen) atoms. The minimum Gasteiger partial charge on any atom is -0.469 e. The lowest BCUT2D eigenvalue weighted by Crippen LogP contribution is -2.58. The smallest absolute Gasteiger partial charge is 0.312 e. The maximum Gasteiger partial charge on any atom is 0.312 e. The summed E-state index contributed by atoms with van der Waals surface area (Å²) in [5.41, 5.74) is 0. The second kappa shape index (κ2) is 5.84. The third kappa shape index (κ3) is 2.63. The standard InChI is InChI=1S/C12H20N2O4/c1-5-13-6-7-14(11(16)10(13)15)9(3)8(2)12(17)18-4/h8-9H,5-7H2,1-4H3. The molecule has 0 aromatic carbocycles. The van der Waals surface area contributed by atoms with Gasteiger partial charge >= 0.3 is 17.8 Å². The van der Waals surface area contributed by atoms with E-state index in [9.17, 15) is 14.4 Å². The zero-order chi connectivity index (χ0) is 13.9. The predicted octanol–water partition coefficient (Wildman–Crippen LogP) is -0.125. The van der Waals surface area contributed by atoms with Gasteiger partial charge in [-0.05, 0) is 20.8 Å². The van der Waals surface area contributed by atoms with Crippen molar-refractivity contribution < 1.29 is 19.1 Å². The fraction of sp³-hybridized carbons (Fsp3) is 0.750. The van der Waals surface area contributed by atoms with E-state index in [0.717, 1.165) is 0 Å². The topological polar surface area (TPSA) is 66.9 Å². The van der Waals surface area contributed by atoms with Crippen molar-refractivity contribution in [2.24, 2.45) is 5.92 Å². The van der Waals surface area contributed by atoms with Crippen LogP contribution in [0, 0.1) is 5.92 Å². The van der Waals surface area contributed by atoms with Gasteiger partial charge in [-0.1, -0.05) is 0 Å². The molecule has 2 unspecified atom stereocenters. The zero-order valence-electron chi connectivity index (χ0n) is 11.3. The zero-order valence-corrected chi connectivity index (χ0v) is 11.3. The van der Waals surface area contributed by atoms with Gasteiger partial charge in [0.1, 0.15) is 0 Å². The Morgan fingerprint density at radius 2 is 1.89 bits per heavy atom. The third-order valence-electron chi connectivity index (χ3n) is 3.51. The Morgan fingerprint density at radius 3 is 2.39 bits per heavy atom. The summed E-state index contributed by atoms with van der Waals surface area (Å²) in [7, 11) is 1.31. The van der Waals surface area contributed by atoms with Crippen molar-refractivity contribution in [1.82, 2.24) is 9.80 Å². The van der Waals surface area contributed by atoms with E-state index >= 15 is 0 Å². The lowest BCUT2D eigenvalue weighted by atomic mass is 10.0. The lowest BCUT2D eigenvalue weighted by Gasteiger charge is -2.38. The van der Waals surface area contributed by atoms with Crippen molar-refractivity contribution in [2.75, 3.05) is 26.7 Å². The molecule has 1 fully saturated rings. The molecule has 0 saturated carbocycles. The molecule has 0 radical (unpaired) electrons. The van der Waals surface area contributed by atoms with Crippen LogP contribution in [0.15, 0.2) is 0 Å². The molecule has 0 spiro atoms. The largest absolute Gasteiger partial charge is 0.469 e. The first-order valence-electron chi connectivity index (χ1n) is 6.11. The number of carbonyl (C=O) groups excluding carboxylic acids is 3. The molecule has 0 aromatic heterocycles. The normalized spacial score (nSPS) is 19.8. The summed E-state index contributed by atoms with van der Waals surface area (Å²) >= 11 is 0. The molecule has 1 aliphatic rings. The van der Waals surface area contributed by atoms with Crippen molar-refractivity contribution in [3.63, 3.8) is 0 Å². The molecule has 0 aliphatic carbocycles. The molecule has 1 aliphatic heterocycles. The molecule has 1 saturated heterocycles. The molecular weight excluding hydrogens is 236 g/mol. The molecule has 102 valence electrons. The Bertz CT molecular complexity index is 356. The fourth-order valence-corrected chi connectivity index (χ4v) is 2.03. The van der Waals surface area contributed by atoms with E-state index in [1.807, 2.05) is 6.92 Å². The number of piperazine rings is 1. The summed E-state index contributed by atoms with van der Waals surface area (Å²) in [5, 5.41) is 0. The van der Waals surface area contributed by atoms with E-state index in [1.54, 1.807) is 13.8 Å². The minimum atomic E-state index is -0.536. The lowest BCUT2D eigenvalue weighted by molar-refractivity contribution is -0.160. The Labute approximate surface area is 107 Å². The average Bonchev–Trinajstić information content (AvgIpc) is 2.39. The van der Waals surface area contributed by atoms with E-state index in [2.05, 4.69) is 4.74 Å². The van der Waals surface area contributed by atoms with Crippen LogP contribution < -0.4 is 0 Å². The highest BCUT2D eigenvalue weighted by molar-refractivity contribution is 6.35. The highest BCUT2D eigenvalue weighted by Crippen LogP contribution is 2.16. The number of hydrogen-bond acceptors (Lipinski definition) is 4. The number of amides is 2. The van der Waals surface area contributed by atoms with Crippen LogP contribution in [0.1, 0.15) is 20.8 Å². The molecule has 1 rings (SSSR count). The van der Waals surface area contributed by atoms with Gasteiger partial charge in [-0.2, -0.15) is 0 Å². The molecule has 2 amide bonds. The average molecular weight is 256 g/mol. The molecule has 6 nitrogen and oxygen atoms in total. The quantitative estimate of drug-likeness (QED) is 0.519. The Morgan fingerprint density at radius 1 is 1.28 bits per heavy atom. The highest BCUT2D eigenvalue weighted by Gasteiger charge is 2.37. The van der Waals surface area contributed by atoms with Crippen LogP contribution in [0.3, 0.4) is 0 Å². The van der Waals surface area contributed by atoms with E-state index in [1.165, 1.54) is 16.9 Å². The van der Waals surface area contributed by atoms with E-state index in [-0.39, 0.29) is 12.0 Å². The molecule has 0 aromatic rings. The Hall–Kier alpha value is -1.59. The molecule has 1 heterocycles. The SMILES string of the molecule is CCN1CCN(C(C)C(C)C(=O)OC)C(=O)C1=O. The number of likely N-dealkylation sites (N-methyl/N-ethyl adjacent to an activating group) is 1. The van der Waals surface area contributed by atoms with E-state index in [4.69, 9.17) is 0 Å². The molecule has 0 N–H and O–H groups in total. The van der Waals surface area contributed by atoms with E-state index < -0.39 is 17.7 Å². The van der Waals surface area contributed by atoms with Gasteiger partial charge in [0.25, 0.3) is 0 Å². The number of rotatable bonds is 4. The molecular formula is C12H20N2O4. The number of esters is 1. The van der Waals surface area contributed by atoms with Gasteiger partial charge in [0.05, 0.1) is 13.0 Å². The van der Waals surface area contributed by atoms with Crippen LogP contribution in [0.2, 0.25) is 0 Å². The van der Waals surface area contributed by atoms with Gasteiger partial charge in [0.15, 0.2) is 0 Å². The first-order chi connectivity index (χ1) is 8.43.